The molecular weight excluding hydrogens is 590 g/mol. The van der Waals surface area contributed by atoms with E-state index in [1.807, 2.05) is 0 Å². The average Bonchev–Trinajstić information content (AvgIpc) is 3.19. The van der Waals surface area contributed by atoms with Gasteiger partial charge < -0.3 is 4.90 Å². The number of unbranched alkanes of at least 4 members (excludes halogenated alkanes) is 1. The third-order valence-corrected chi connectivity index (χ3v) is 12.0. The number of pyridine rings is 2. The molecular formula is C44H52FN3+2. The molecule has 3 aromatic carbocycles. The summed E-state index contributed by atoms with van der Waals surface area (Å²) in [5, 5.41) is 2.69. The molecule has 0 saturated heterocycles. The van der Waals surface area contributed by atoms with Crippen molar-refractivity contribution in [1.29, 1.82) is 0 Å². The lowest BCUT2D eigenvalue weighted by molar-refractivity contribution is -0.756. The van der Waals surface area contributed by atoms with Crippen molar-refractivity contribution in [3.63, 3.8) is 0 Å². The minimum absolute atomic E-state index is 0.0883. The fourth-order valence-corrected chi connectivity index (χ4v) is 9.19. The SMILES string of the molecule is CCCCc1ccc2c3c4[n+](ccc13)C(CC)(CC)CC(Cc1ccc(N(C)C)cc1-c1cccc[n+]1C)c1ccc(F)c(c1-4)C2(C)C. The molecule has 7 rings (SSSR count). The molecule has 1 aliphatic carbocycles. The van der Waals surface area contributed by atoms with Gasteiger partial charge >= 0.3 is 0 Å². The topological polar surface area (TPSA) is 11.0 Å². The second kappa shape index (κ2) is 12.1. The van der Waals surface area contributed by atoms with Crippen LogP contribution in [0.1, 0.15) is 100 Å². The van der Waals surface area contributed by atoms with Crippen LogP contribution in [0, 0.1) is 5.82 Å². The molecule has 1 aliphatic heterocycles. The van der Waals surface area contributed by atoms with Crippen molar-refractivity contribution in [2.75, 3.05) is 19.0 Å². The summed E-state index contributed by atoms with van der Waals surface area (Å²) in [6, 6.07) is 24.4. The van der Waals surface area contributed by atoms with Gasteiger partial charge in [-0.05, 0) is 77.1 Å². The first kappa shape index (κ1) is 32.5. The number of aromatic nitrogens is 2. The normalized spacial score (nSPS) is 17.0. The van der Waals surface area contributed by atoms with E-state index >= 15 is 4.39 Å². The summed E-state index contributed by atoms with van der Waals surface area (Å²) in [5.41, 5.74) is 11.7. The zero-order valence-corrected chi connectivity index (χ0v) is 30.3. The van der Waals surface area contributed by atoms with Crippen molar-refractivity contribution in [2.45, 2.75) is 96.4 Å². The van der Waals surface area contributed by atoms with E-state index in [4.69, 9.17) is 0 Å². The third kappa shape index (κ3) is 4.89. The molecule has 0 N–H and O–H groups in total. The van der Waals surface area contributed by atoms with Crippen LogP contribution in [0.25, 0.3) is 33.3 Å². The van der Waals surface area contributed by atoms with Crippen LogP contribution in [0.3, 0.4) is 0 Å². The lowest BCUT2D eigenvalue weighted by Gasteiger charge is -2.36. The van der Waals surface area contributed by atoms with E-state index in [2.05, 4.69) is 143 Å². The number of nitrogens with zero attached hydrogens (tertiary/aromatic N) is 3. The van der Waals surface area contributed by atoms with Gasteiger partial charge in [-0.3, -0.25) is 0 Å². The summed E-state index contributed by atoms with van der Waals surface area (Å²) < 4.78 is 21.3. The Balaban J connectivity index is 1.52. The highest BCUT2D eigenvalue weighted by Gasteiger charge is 2.50. The predicted molar refractivity (Wildman–Crippen MR) is 197 cm³/mol. The minimum atomic E-state index is -0.463. The molecule has 248 valence electrons. The molecule has 3 nitrogen and oxygen atoms in total. The van der Waals surface area contributed by atoms with E-state index in [1.54, 1.807) is 6.07 Å². The number of benzene rings is 3. The van der Waals surface area contributed by atoms with Gasteiger partial charge in [0.15, 0.2) is 17.9 Å². The number of halogens is 1. The van der Waals surface area contributed by atoms with Gasteiger partial charge in [-0.25, -0.2) is 8.96 Å². The lowest BCUT2D eigenvalue weighted by Crippen LogP contribution is -2.57. The van der Waals surface area contributed by atoms with Crippen LogP contribution in [0.2, 0.25) is 0 Å². The number of anilines is 1. The summed E-state index contributed by atoms with van der Waals surface area (Å²) in [7, 11) is 6.35. The summed E-state index contributed by atoms with van der Waals surface area (Å²) in [4.78, 5) is 2.18. The highest BCUT2D eigenvalue weighted by Crippen LogP contribution is 2.54. The molecule has 0 bridgehead atoms. The molecule has 0 saturated carbocycles. The second-order valence-electron chi connectivity index (χ2n) is 15.2. The van der Waals surface area contributed by atoms with Gasteiger partial charge in [0.25, 0.3) is 0 Å². The Bertz CT molecular complexity index is 2030. The van der Waals surface area contributed by atoms with Gasteiger partial charge in [0.05, 0.1) is 16.5 Å². The first-order valence-corrected chi connectivity index (χ1v) is 18.2. The molecule has 0 amide bonds. The molecule has 48 heavy (non-hydrogen) atoms. The van der Waals surface area contributed by atoms with E-state index in [-0.39, 0.29) is 17.3 Å². The molecule has 5 aromatic rings. The molecule has 2 aliphatic rings. The monoisotopic (exact) mass is 641 g/mol. The Kier molecular flexibility index (Phi) is 8.21. The highest BCUT2D eigenvalue weighted by atomic mass is 19.1. The minimum Gasteiger partial charge on any atom is -0.378 e. The van der Waals surface area contributed by atoms with E-state index < -0.39 is 5.41 Å². The van der Waals surface area contributed by atoms with E-state index in [1.165, 1.54) is 68.5 Å². The Morgan fingerprint density at radius 3 is 2.38 bits per heavy atom. The molecule has 0 spiro atoms. The van der Waals surface area contributed by atoms with Crippen LogP contribution in [0.4, 0.5) is 10.1 Å². The zero-order valence-electron chi connectivity index (χ0n) is 30.3. The maximum atomic E-state index is 16.5. The van der Waals surface area contributed by atoms with Crippen LogP contribution in [0.15, 0.2) is 79.1 Å². The van der Waals surface area contributed by atoms with E-state index in [0.717, 1.165) is 43.2 Å². The van der Waals surface area contributed by atoms with Crippen LogP contribution in [-0.4, -0.2) is 14.1 Å². The number of hydrogen-bond donors (Lipinski definition) is 0. The summed E-state index contributed by atoms with van der Waals surface area (Å²) in [5.74, 6) is 0.127. The van der Waals surface area contributed by atoms with Crippen molar-refractivity contribution in [2.24, 2.45) is 7.05 Å². The fraction of sp³-hybridized carbons (Fsp3) is 0.409. The van der Waals surface area contributed by atoms with E-state index in [9.17, 15) is 0 Å². The average molecular weight is 642 g/mol. The third-order valence-electron chi connectivity index (χ3n) is 12.0. The van der Waals surface area contributed by atoms with Crippen LogP contribution >= 0.6 is 0 Å². The number of rotatable bonds is 9. The van der Waals surface area contributed by atoms with Crippen molar-refractivity contribution in [3.05, 3.63) is 113 Å². The molecule has 3 heterocycles. The molecule has 0 radical (unpaired) electrons. The fourth-order valence-electron chi connectivity index (χ4n) is 9.19. The van der Waals surface area contributed by atoms with Gasteiger partial charge in [-0.15, -0.1) is 0 Å². The van der Waals surface area contributed by atoms with E-state index in [0.29, 0.717) is 0 Å². The van der Waals surface area contributed by atoms with Crippen LogP contribution < -0.4 is 14.0 Å². The summed E-state index contributed by atoms with van der Waals surface area (Å²) >= 11 is 0. The summed E-state index contributed by atoms with van der Waals surface area (Å²) in [6.07, 6.45) is 11.8. The molecule has 4 heteroatoms. The highest BCUT2D eigenvalue weighted by molar-refractivity contribution is 6.02. The number of hydrogen-bond acceptors (Lipinski definition) is 1. The van der Waals surface area contributed by atoms with Gasteiger partial charge in [-0.2, -0.15) is 4.57 Å². The van der Waals surface area contributed by atoms with Crippen molar-refractivity contribution >= 4 is 16.5 Å². The van der Waals surface area contributed by atoms with Gasteiger partial charge in [0.2, 0.25) is 11.4 Å². The molecule has 2 aromatic heterocycles. The standard InChI is InChI=1S/C44H52FN3/c1-9-12-15-29-18-21-36-39-34(29)23-25-48-42(39)40-33(20-22-37(45)41(40)43(36,4)5)31(28-44(48,10-2)11-3)26-30-17-19-32(46(6)7)27-35(30)38-16-13-14-24-47(38)8/h13-14,16-25,27,31H,9-12,15,26,28H2,1-8H3/q+2. The molecule has 0 fully saturated rings. The molecule has 1 atom stereocenters. The van der Waals surface area contributed by atoms with Gasteiger partial charge in [-0.1, -0.05) is 65.3 Å². The van der Waals surface area contributed by atoms with Crippen molar-refractivity contribution in [3.8, 4) is 22.5 Å². The van der Waals surface area contributed by atoms with Crippen molar-refractivity contribution in [1.82, 2.24) is 0 Å². The Morgan fingerprint density at radius 2 is 1.67 bits per heavy atom. The maximum absolute atomic E-state index is 16.5. The Labute approximate surface area is 287 Å². The smallest absolute Gasteiger partial charge is 0.221 e. The Morgan fingerprint density at radius 1 is 0.896 bits per heavy atom. The Hall–Kier alpha value is -4.05. The largest absolute Gasteiger partial charge is 0.378 e. The zero-order chi connectivity index (χ0) is 34.0. The molecule has 1 unspecified atom stereocenters. The summed E-state index contributed by atoms with van der Waals surface area (Å²) in [6.45, 7) is 11.5. The first-order chi connectivity index (χ1) is 23.1. The van der Waals surface area contributed by atoms with Crippen molar-refractivity contribution < 1.29 is 13.5 Å². The van der Waals surface area contributed by atoms with Crippen LogP contribution in [0.5, 0.6) is 0 Å². The number of aryl methyl sites for hydroxylation is 2. The lowest BCUT2D eigenvalue weighted by atomic mass is 9.67. The van der Waals surface area contributed by atoms with Gasteiger partial charge in [0.1, 0.15) is 12.9 Å². The maximum Gasteiger partial charge on any atom is 0.221 e. The predicted octanol–water partition coefficient (Wildman–Crippen LogP) is 9.72. The quantitative estimate of drug-likeness (QED) is 0.146. The second-order valence-corrected chi connectivity index (χ2v) is 15.2. The van der Waals surface area contributed by atoms with Crippen LogP contribution in [-0.2, 0) is 30.8 Å². The van der Waals surface area contributed by atoms with Gasteiger partial charge in [0, 0.05) is 68.2 Å². The first-order valence-electron chi connectivity index (χ1n) is 18.2.